The van der Waals surface area contributed by atoms with E-state index >= 15 is 0 Å². The lowest BCUT2D eigenvalue weighted by atomic mass is 10.0. The van der Waals surface area contributed by atoms with Gasteiger partial charge in [-0.2, -0.15) is 8.75 Å². The van der Waals surface area contributed by atoms with Crippen LogP contribution in [0.1, 0.15) is 117 Å². The Morgan fingerprint density at radius 3 is 1.26 bits per heavy atom. The van der Waals surface area contributed by atoms with Crippen molar-refractivity contribution in [2.24, 2.45) is 0 Å². The summed E-state index contributed by atoms with van der Waals surface area (Å²) in [5.41, 5.74) is 3.79. The second kappa shape index (κ2) is 19.5. The maximum Gasteiger partial charge on any atom is 0.172 e. The molecule has 4 aromatic rings. The van der Waals surface area contributed by atoms with Crippen molar-refractivity contribution >= 4 is 77.3 Å². The zero-order valence-corrected chi connectivity index (χ0v) is 31.4. The van der Waals surface area contributed by atoms with E-state index in [0.717, 1.165) is 63.8 Å². The van der Waals surface area contributed by atoms with Gasteiger partial charge >= 0.3 is 0 Å². The summed E-state index contributed by atoms with van der Waals surface area (Å²) >= 11 is 12.0. The fraction of sp³-hybridized carbons (Fsp3) is 0.588. The molecule has 4 nitrogen and oxygen atoms in total. The van der Waals surface area contributed by atoms with Gasteiger partial charge in [-0.05, 0) is 69.0 Å². The molecule has 4 rings (SSSR count). The molecule has 236 valence electrons. The average Bonchev–Trinajstić information content (AvgIpc) is 3.76. The predicted molar refractivity (Wildman–Crippen MR) is 196 cm³/mol. The van der Waals surface area contributed by atoms with E-state index in [1.54, 1.807) is 22.7 Å². The van der Waals surface area contributed by atoms with Crippen LogP contribution in [0.3, 0.4) is 0 Å². The Bertz CT molecular complexity index is 1270. The Hall–Kier alpha value is -1.000. The summed E-state index contributed by atoms with van der Waals surface area (Å²) in [5.74, 6) is 1.63. The summed E-state index contributed by atoms with van der Waals surface area (Å²) < 4.78 is 25.3. The van der Waals surface area contributed by atoms with E-state index in [2.05, 4.69) is 70.0 Å². The average molecular weight is 771 g/mol. The molecule has 0 N–H and O–H groups in total. The van der Waals surface area contributed by atoms with Gasteiger partial charge in [0.1, 0.15) is 11.0 Å². The lowest BCUT2D eigenvalue weighted by Gasteiger charge is -2.20. The highest BCUT2D eigenvalue weighted by Crippen LogP contribution is 2.53. The van der Waals surface area contributed by atoms with Crippen LogP contribution in [-0.2, 0) is 0 Å². The van der Waals surface area contributed by atoms with Gasteiger partial charge in [0.15, 0.2) is 11.5 Å². The zero-order chi connectivity index (χ0) is 30.3. The lowest BCUT2D eigenvalue weighted by molar-refractivity contribution is 0.260. The largest absolute Gasteiger partial charge is 0.489 e. The van der Waals surface area contributed by atoms with Crippen LogP contribution >= 0.6 is 66.3 Å². The third-order valence-corrected chi connectivity index (χ3v) is 11.6. The highest BCUT2D eigenvalue weighted by molar-refractivity contribution is 9.11. The third kappa shape index (κ3) is 10.5. The van der Waals surface area contributed by atoms with Crippen LogP contribution in [-0.4, -0.2) is 22.0 Å². The van der Waals surface area contributed by atoms with Crippen molar-refractivity contribution in [3.05, 3.63) is 31.8 Å². The molecular formula is C34H46Br2N2O2S3. The van der Waals surface area contributed by atoms with Crippen molar-refractivity contribution in [3.8, 4) is 32.4 Å². The van der Waals surface area contributed by atoms with Gasteiger partial charge in [0, 0.05) is 9.75 Å². The smallest absolute Gasteiger partial charge is 0.172 e. The van der Waals surface area contributed by atoms with Gasteiger partial charge in [0.05, 0.1) is 43.6 Å². The number of unbranched alkanes of at least 4 members (excludes halogenated alkanes) is 14. The summed E-state index contributed by atoms with van der Waals surface area (Å²) in [6.07, 6.45) is 20.3. The SMILES string of the molecule is CCCCCCCCCCOc1c(OCCCCCCCCCC)c(-c2ccc(Br)s2)c2nsnc2c1-c1ccc(Br)s1. The Kier molecular flexibility index (Phi) is 15.8. The molecule has 0 spiro atoms. The van der Waals surface area contributed by atoms with E-state index in [4.69, 9.17) is 18.2 Å². The molecule has 0 radical (unpaired) electrons. The number of thiophene rings is 2. The number of fused-ring (bicyclic) bond motifs is 1. The molecule has 0 unspecified atom stereocenters. The van der Waals surface area contributed by atoms with Crippen LogP contribution in [0.2, 0.25) is 0 Å². The maximum absolute atomic E-state index is 6.75. The van der Waals surface area contributed by atoms with Crippen molar-refractivity contribution in [1.82, 2.24) is 8.75 Å². The van der Waals surface area contributed by atoms with Gasteiger partial charge in [-0.1, -0.05) is 104 Å². The van der Waals surface area contributed by atoms with Gasteiger partial charge in [0.2, 0.25) is 0 Å². The fourth-order valence-corrected chi connectivity index (χ4v) is 8.83. The quantitative estimate of drug-likeness (QED) is 0.0747. The Morgan fingerprint density at radius 1 is 0.535 bits per heavy atom. The molecule has 0 amide bonds. The van der Waals surface area contributed by atoms with E-state index in [-0.39, 0.29) is 0 Å². The summed E-state index contributed by atoms with van der Waals surface area (Å²) in [7, 11) is 0. The normalized spacial score (nSPS) is 11.5. The van der Waals surface area contributed by atoms with Gasteiger partial charge in [0.25, 0.3) is 0 Å². The second-order valence-electron chi connectivity index (χ2n) is 11.2. The van der Waals surface area contributed by atoms with Crippen LogP contribution < -0.4 is 9.47 Å². The number of aromatic nitrogens is 2. The highest BCUT2D eigenvalue weighted by Gasteiger charge is 2.28. The maximum atomic E-state index is 6.75. The fourth-order valence-electron chi connectivity index (χ4n) is 5.41. The van der Waals surface area contributed by atoms with Crippen molar-refractivity contribution < 1.29 is 9.47 Å². The van der Waals surface area contributed by atoms with Gasteiger partial charge in [-0.25, -0.2) is 0 Å². The van der Waals surface area contributed by atoms with Crippen molar-refractivity contribution in [1.29, 1.82) is 0 Å². The number of hydrogen-bond donors (Lipinski definition) is 0. The molecule has 1 aromatic carbocycles. The zero-order valence-electron chi connectivity index (χ0n) is 25.7. The van der Waals surface area contributed by atoms with E-state index < -0.39 is 0 Å². The van der Waals surface area contributed by atoms with E-state index in [9.17, 15) is 0 Å². The monoisotopic (exact) mass is 768 g/mol. The van der Waals surface area contributed by atoms with Crippen molar-refractivity contribution in [3.63, 3.8) is 0 Å². The summed E-state index contributed by atoms with van der Waals surface area (Å²) in [4.78, 5) is 2.23. The van der Waals surface area contributed by atoms with Crippen molar-refractivity contribution in [2.45, 2.75) is 117 Å². The molecule has 3 aromatic heterocycles. The summed E-state index contributed by atoms with van der Waals surface area (Å²) in [6, 6.07) is 8.49. The molecule has 0 aliphatic rings. The molecule has 0 saturated carbocycles. The number of hydrogen-bond acceptors (Lipinski definition) is 7. The van der Waals surface area contributed by atoms with Gasteiger partial charge < -0.3 is 9.47 Å². The molecule has 0 aliphatic carbocycles. The molecule has 3 heterocycles. The third-order valence-electron chi connectivity index (χ3n) is 7.75. The van der Waals surface area contributed by atoms with Crippen LogP contribution in [0.25, 0.3) is 31.9 Å². The first-order valence-corrected chi connectivity index (χ1v) is 20.2. The van der Waals surface area contributed by atoms with Crippen molar-refractivity contribution in [2.75, 3.05) is 13.2 Å². The number of ether oxygens (including phenoxy) is 2. The molecule has 0 bridgehead atoms. The molecule has 0 atom stereocenters. The molecular weight excluding hydrogens is 724 g/mol. The Balaban J connectivity index is 1.58. The molecule has 0 fully saturated rings. The summed E-state index contributed by atoms with van der Waals surface area (Å²) in [6.45, 7) is 5.88. The van der Waals surface area contributed by atoms with Gasteiger partial charge in [-0.3, -0.25) is 0 Å². The standard InChI is InChI=1S/C34H46Br2N2O2S3/c1-3-5-7-9-11-13-15-17-23-39-33-29(25-19-21-27(35)41-25)31-32(38-43-37-31)30(26-20-22-28(36)42-26)34(33)40-24-18-16-14-12-10-8-6-4-2/h19-22H,3-18,23-24H2,1-2H3. The van der Waals surface area contributed by atoms with Crippen LogP contribution in [0.15, 0.2) is 31.8 Å². The lowest BCUT2D eigenvalue weighted by Crippen LogP contribution is -2.06. The highest BCUT2D eigenvalue weighted by atomic mass is 79.9. The number of rotatable bonds is 22. The first-order chi connectivity index (χ1) is 21.1. The minimum absolute atomic E-state index is 0.666. The topological polar surface area (TPSA) is 44.2 Å². The van der Waals surface area contributed by atoms with E-state index in [1.807, 2.05) is 0 Å². The predicted octanol–water partition coefficient (Wildman–Crippen LogP) is 13.7. The Morgan fingerprint density at radius 2 is 0.907 bits per heavy atom. The molecule has 0 saturated heterocycles. The van der Waals surface area contributed by atoms with Crippen LogP contribution in [0.5, 0.6) is 11.5 Å². The van der Waals surface area contributed by atoms with Crippen LogP contribution in [0.4, 0.5) is 0 Å². The van der Waals surface area contributed by atoms with E-state index in [1.165, 1.54) is 102 Å². The number of nitrogens with zero attached hydrogens (tertiary/aromatic N) is 2. The first-order valence-electron chi connectivity index (χ1n) is 16.2. The Labute approximate surface area is 287 Å². The minimum atomic E-state index is 0.666. The van der Waals surface area contributed by atoms with Gasteiger partial charge in [-0.15, -0.1) is 22.7 Å². The van der Waals surface area contributed by atoms with Crippen LogP contribution in [0, 0.1) is 0 Å². The molecule has 9 heteroatoms. The minimum Gasteiger partial charge on any atom is -0.489 e. The molecule has 43 heavy (non-hydrogen) atoms. The summed E-state index contributed by atoms with van der Waals surface area (Å²) in [5, 5.41) is 0. The molecule has 0 aliphatic heterocycles. The second-order valence-corrected chi connectivity index (χ2v) is 16.7. The number of benzene rings is 1. The first kappa shape index (κ1) is 34.9. The number of halogens is 2. The van der Waals surface area contributed by atoms with E-state index in [0.29, 0.717) is 13.2 Å².